The van der Waals surface area contributed by atoms with Crippen LogP contribution in [0.2, 0.25) is 0 Å². The van der Waals surface area contributed by atoms with Crippen molar-refractivity contribution in [3.05, 3.63) is 23.3 Å². The molecule has 0 saturated heterocycles. The largest absolute Gasteiger partial charge is 0.573 e. The van der Waals surface area contributed by atoms with Gasteiger partial charge in [-0.15, -0.1) is 13.2 Å². The van der Waals surface area contributed by atoms with Crippen molar-refractivity contribution in [1.82, 2.24) is 4.98 Å². The minimum absolute atomic E-state index is 0.134. The molecule has 3 nitrogen and oxygen atoms in total. The number of rotatable bonds is 3. The van der Waals surface area contributed by atoms with Gasteiger partial charge in [0.25, 0.3) is 6.43 Å². The predicted octanol–water partition coefficient (Wildman–Crippen LogP) is 3.12. The van der Waals surface area contributed by atoms with E-state index in [0.29, 0.717) is 0 Å². The number of ether oxygens (including phenoxy) is 1. The number of alkyl halides is 5. The average molecular weight is 270 g/mol. The monoisotopic (exact) mass is 270 g/mol. The summed E-state index contributed by atoms with van der Waals surface area (Å²) >= 11 is 0. The summed E-state index contributed by atoms with van der Waals surface area (Å²) < 4.78 is 77.0. The maximum Gasteiger partial charge on any atom is 0.573 e. The molecule has 0 aliphatic rings. The highest BCUT2D eigenvalue weighted by atomic mass is 19.4. The Balaban J connectivity index is 3.25. The van der Waals surface area contributed by atoms with Gasteiger partial charge in [0.15, 0.2) is 5.75 Å². The molecular weight excluding hydrogens is 266 g/mol. The molecule has 0 aromatic carbocycles. The maximum absolute atomic E-state index is 13.1. The van der Waals surface area contributed by atoms with Gasteiger partial charge in [0.2, 0.25) is 0 Å². The van der Waals surface area contributed by atoms with Gasteiger partial charge in [-0.25, -0.2) is 18.2 Å². The smallest absolute Gasteiger partial charge is 0.403 e. The minimum Gasteiger partial charge on any atom is -0.403 e. The van der Waals surface area contributed by atoms with Crippen LogP contribution in [-0.4, -0.2) is 11.3 Å². The Morgan fingerprint density at radius 2 is 2.00 bits per heavy atom. The Labute approximate surface area is 96.6 Å². The molecule has 9 heteroatoms. The van der Waals surface area contributed by atoms with E-state index in [2.05, 4.69) is 9.72 Å². The molecule has 1 rings (SSSR count). The van der Waals surface area contributed by atoms with Crippen molar-refractivity contribution in [2.75, 3.05) is 0 Å². The van der Waals surface area contributed by atoms with E-state index in [-0.39, 0.29) is 6.07 Å². The quantitative estimate of drug-likeness (QED) is 0.793. The van der Waals surface area contributed by atoms with Crippen molar-refractivity contribution in [3.8, 4) is 11.8 Å². The summed E-state index contributed by atoms with van der Waals surface area (Å²) in [7, 11) is 0. The third kappa shape index (κ3) is 3.51. The third-order valence-electron chi connectivity index (χ3n) is 1.72. The van der Waals surface area contributed by atoms with Crippen LogP contribution < -0.4 is 4.74 Å². The Hall–Kier alpha value is -1.98. The van der Waals surface area contributed by atoms with Crippen molar-refractivity contribution >= 4 is 0 Å². The van der Waals surface area contributed by atoms with Crippen molar-refractivity contribution in [3.63, 3.8) is 0 Å². The van der Waals surface area contributed by atoms with E-state index < -0.39 is 42.2 Å². The lowest BCUT2D eigenvalue weighted by molar-refractivity contribution is -0.275. The first-order valence-electron chi connectivity index (χ1n) is 4.34. The van der Waals surface area contributed by atoms with Crippen molar-refractivity contribution in [2.24, 2.45) is 0 Å². The van der Waals surface area contributed by atoms with E-state index in [0.717, 1.165) is 0 Å². The van der Waals surface area contributed by atoms with Crippen LogP contribution in [0.25, 0.3) is 0 Å². The lowest BCUT2D eigenvalue weighted by Gasteiger charge is -2.13. The molecule has 0 spiro atoms. The van der Waals surface area contributed by atoms with Gasteiger partial charge in [-0.2, -0.15) is 5.26 Å². The number of hydrogen-bond acceptors (Lipinski definition) is 3. The number of nitriles is 1. The SMILES string of the molecule is N#CCc1nc(C(F)F)c(OC(F)(F)F)cc1F. The first-order valence-corrected chi connectivity index (χ1v) is 4.34. The van der Waals surface area contributed by atoms with Gasteiger partial charge in [-0.05, 0) is 0 Å². The lowest BCUT2D eigenvalue weighted by atomic mass is 10.2. The molecule has 0 aliphatic heterocycles. The highest BCUT2D eigenvalue weighted by molar-refractivity contribution is 5.32. The molecule has 18 heavy (non-hydrogen) atoms. The Kier molecular flexibility index (Phi) is 4.00. The van der Waals surface area contributed by atoms with Crippen LogP contribution >= 0.6 is 0 Å². The molecule has 1 aromatic rings. The summed E-state index contributed by atoms with van der Waals surface area (Å²) in [6.07, 6.45) is -9.27. The molecule has 0 aliphatic carbocycles. The lowest BCUT2D eigenvalue weighted by Crippen LogP contribution is -2.19. The molecule has 98 valence electrons. The van der Waals surface area contributed by atoms with Crippen LogP contribution in [0.3, 0.4) is 0 Å². The third-order valence-corrected chi connectivity index (χ3v) is 1.72. The van der Waals surface area contributed by atoms with Gasteiger partial charge in [0.1, 0.15) is 11.5 Å². The number of aromatic nitrogens is 1. The van der Waals surface area contributed by atoms with Gasteiger partial charge >= 0.3 is 6.36 Å². The van der Waals surface area contributed by atoms with Gasteiger partial charge < -0.3 is 4.74 Å². The standard InChI is InChI=1S/C9H4F6N2O/c10-4-3-6(18-9(13,14)15)7(8(11)12)17-5(4)1-2-16/h3,8H,1H2. The van der Waals surface area contributed by atoms with E-state index >= 15 is 0 Å². The van der Waals surface area contributed by atoms with E-state index in [9.17, 15) is 26.3 Å². The second-order valence-corrected chi connectivity index (χ2v) is 2.98. The van der Waals surface area contributed by atoms with E-state index in [1.54, 1.807) is 0 Å². The molecule has 0 saturated carbocycles. The maximum atomic E-state index is 13.1. The van der Waals surface area contributed by atoms with Gasteiger partial charge in [-0.3, -0.25) is 0 Å². The number of pyridine rings is 1. The Morgan fingerprint density at radius 3 is 2.44 bits per heavy atom. The van der Waals surface area contributed by atoms with Crippen LogP contribution in [0.15, 0.2) is 6.07 Å². The predicted molar refractivity (Wildman–Crippen MR) is 45.2 cm³/mol. The zero-order valence-electron chi connectivity index (χ0n) is 8.43. The molecular formula is C9H4F6N2O. The van der Waals surface area contributed by atoms with E-state index in [4.69, 9.17) is 5.26 Å². The molecule has 0 amide bonds. The molecule has 0 atom stereocenters. The van der Waals surface area contributed by atoms with Crippen LogP contribution in [0.1, 0.15) is 17.8 Å². The molecule has 1 aromatic heterocycles. The number of halogens is 6. The zero-order valence-corrected chi connectivity index (χ0v) is 8.43. The molecule has 0 fully saturated rings. The van der Waals surface area contributed by atoms with Crippen molar-refractivity contribution < 1.29 is 31.1 Å². The Bertz CT molecular complexity index is 479. The average Bonchev–Trinajstić information content (AvgIpc) is 2.19. The van der Waals surface area contributed by atoms with Crippen LogP contribution in [0, 0.1) is 17.1 Å². The highest BCUT2D eigenvalue weighted by Crippen LogP contribution is 2.32. The zero-order chi connectivity index (χ0) is 13.9. The normalized spacial score (nSPS) is 11.4. The Morgan fingerprint density at radius 1 is 1.39 bits per heavy atom. The van der Waals surface area contributed by atoms with Crippen molar-refractivity contribution in [1.29, 1.82) is 5.26 Å². The summed E-state index contributed by atoms with van der Waals surface area (Å²) in [6.45, 7) is 0. The fourth-order valence-electron chi connectivity index (χ4n) is 1.09. The second-order valence-electron chi connectivity index (χ2n) is 2.98. The minimum atomic E-state index is -5.24. The molecule has 0 radical (unpaired) electrons. The van der Waals surface area contributed by atoms with Crippen LogP contribution in [-0.2, 0) is 6.42 Å². The van der Waals surface area contributed by atoms with Crippen LogP contribution in [0.5, 0.6) is 5.75 Å². The molecule has 0 unspecified atom stereocenters. The van der Waals surface area contributed by atoms with Crippen LogP contribution in [0.4, 0.5) is 26.3 Å². The summed E-state index contributed by atoms with van der Waals surface area (Å²) in [4.78, 5) is 2.97. The van der Waals surface area contributed by atoms with Gasteiger partial charge in [-0.1, -0.05) is 0 Å². The van der Waals surface area contributed by atoms with Gasteiger partial charge in [0, 0.05) is 6.07 Å². The van der Waals surface area contributed by atoms with Crippen molar-refractivity contribution in [2.45, 2.75) is 19.2 Å². The second kappa shape index (κ2) is 5.12. The molecule has 1 heterocycles. The summed E-state index contributed by atoms with van der Waals surface area (Å²) in [6, 6.07) is 1.58. The van der Waals surface area contributed by atoms with E-state index in [1.807, 2.05) is 0 Å². The summed E-state index contributed by atoms with van der Waals surface area (Å²) in [5.41, 5.74) is -2.03. The first kappa shape index (κ1) is 14.1. The number of hydrogen-bond donors (Lipinski definition) is 0. The topological polar surface area (TPSA) is 45.9 Å². The number of nitrogens with zero attached hydrogens (tertiary/aromatic N) is 2. The summed E-state index contributed by atoms with van der Waals surface area (Å²) in [5, 5.41) is 8.27. The van der Waals surface area contributed by atoms with E-state index in [1.165, 1.54) is 6.07 Å². The highest BCUT2D eigenvalue weighted by Gasteiger charge is 2.34. The summed E-state index contributed by atoms with van der Waals surface area (Å²) in [5.74, 6) is -2.74. The fraction of sp³-hybridized carbons (Fsp3) is 0.333. The fourth-order valence-corrected chi connectivity index (χ4v) is 1.09. The first-order chi connectivity index (χ1) is 8.24. The van der Waals surface area contributed by atoms with Gasteiger partial charge in [0.05, 0.1) is 18.2 Å². The molecule has 0 N–H and O–H groups in total. The molecule has 0 bridgehead atoms.